The number of benzene rings is 2. The molecule has 3 aliphatic rings. The van der Waals surface area contributed by atoms with E-state index >= 15 is 0 Å². The lowest BCUT2D eigenvalue weighted by Crippen LogP contribution is -2.28. The van der Waals surface area contributed by atoms with Gasteiger partial charge in [0.05, 0.1) is 25.2 Å². The van der Waals surface area contributed by atoms with Gasteiger partial charge in [-0.3, -0.25) is 14.4 Å². The number of imide groups is 1. The topological polar surface area (TPSA) is 97.3 Å². The molecule has 2 aliphatic carbocycles. The van der Waals surface area contributed by atoms with Crippen molar-refractivity contribution in [2.75, 3.05) is 19.0 Å². The zero-order valence-corrected chi connectivity index (χ0v) is 20.2. The highest BCUT2D eigenvalue weighted by Gasteiger charge is 2.59. The number of nitrogens with one attached hydrogen (secondary N) is 1. The summed E-state index contributed by atoms with van der Waals surface area (Å²) in [6.45, 7) is -0.393. The van der Waals surface area contributed by atoms with E-state index in [1.165, 1.54) is 31.5 Å². The van der Waals surface area contributed by atoms with Crippen molar-refractivity contribution >= 4 is 45.6 Å². The third-order valence-electron chi connectivity index (χ3n) is 6.48. The molecule has 2 aromatic carbocycles. The fourth-order valence-electron chi connectivity index (χ4n) is 5.01. The van der Waals surface area contributed by atoms with Gasteiger partial charge in [-0.25, -0.2) is 4.39 Å². The number of carbonyl (C=O) groups excluding carboxylic acids is 3. The van der Waals surface area contributed by atoms with Gasteiger partial charge in [0.1, 0.15) is 5.82 Å². The summed E-state index contributed by atoms with van der Waals surface area (Å²) in [4.78, 5) is 38.2. The van der Waals surface area contributed by atoms with E-state index in [2.05, 4.69) is 26.3 Å². The number of rotatable bonds is 7. The molecule has 5 rings (SSSR count). The lowest BCUT2D eigenvalue weighted by Gasteiger charge is -2.15. The number of carbonyl (C=O) groups is 3. The van der Waals surface area contributed by atoms with E-state index in [0.717, 1.165) is 11.4 Å². The molecule has 0 spiro atoms. The molecule has 10 heteroatoms. The molecule has 2 fully saturated rings. The van der Waals surface area contributed by atoms with Crippen molar-refractivity contribution in [1.82, 2.24) is 5.01 Å². The summed E-state index contributed by atoms with van der Waals surface area (Å²) < 4.78 is 25.1. The first kappa shape index (κ1) is 23.2. The number of anilines is 1. The maximum atomic E-state index is 13.4. The van der Waals surface area contributed by atoms with Crippen LogP contribution in [0.3, 0.4) is 0 Å². The first-order chi connectivity index (χ1) is 16.9. The van der Waals surface area contributed by atoms with Crippen LogP contribution in [0.1, 0.15) is 12.0 Å². The Balaban J connectivity index is 1.34. The monoisotopic (exact) mass is 541 g/mol. The van der Waals surface area contributed by atoms with E-state index in [4.69, 9.17) is 9.47 Å². The molecule has 2 aromatic rings. The largest absolute Gasteiger partial charge is 0.493 e. The Morgan fingerprint density at radius 1 is 1.20 bits per heavy atom. The molecule has 180 valence electrons. The quantitative estimate of drug-likeness (QED) is 0.327. The Morgan fingerprint density at radius 2 is 1.91 bits per heavy atom. The number of fused-ring (bicyclic) bond motifs is 5. The molecule has 0 radical (unpaired) electrons. The van der Waals surface area contributed by atoms with E-state index in [1.807, 2.05) is 12.2 Å². The number of hydrogen-bond acceptors (Lipinski definition) is 6. The molecule has 0 unspecified atom stereocenters. The third-order valence-corrected chi connectivity index (χ3v) is 6.94. The van der Waals surface area contributed by atoms with Crippen molar-refractivity contribution in [2.45, 2.75) is 6.42 Å². The van der Waals surface area contributed by atoms with E-state index < -0.39 is 18.3 Å². The average molecular weight is 542 g/mol. The lowest BCUT2D eigenvalue weighted by molar-refractivity contribution is -0.140. The fourth-order valence-corrected chi connectivity index (χ4v) is 5.47. The van der Waals surface area contributed by atoms with Gasteiger partial charge < -0.3 is 14.8 Å². The Labute approximate surface area is 208 Å². The van der Waals surface area contributed by atoms with Crippen molar-refractivity contribution in [3.63, 3.8) is 0 Å². The second-order valence-corrected chi connectivity index (χ2v) is 9.52. The van der Waals surface area contributed by atoms with Crippen LogP contribution in [0.5, 0.6) is 11.5 Å². The number of amides is 3. The molecule has 1 N–H and O–H groups in total. The second-order valence-electron chi connectivity index (χ2n) is 8.61. The van der Waals surface area contributed by atoms with Crippen molar-refractivity contribution in [3.8, 4) is 11.5 Å². The van der Waals surface area contributed by atoms with Crippen LogP contribution in [0.2, 0.25) is 0 Å². The third kappa shape index (κ3) is 4.34. The minimum atomic E-state index is -0.510. The number of methoxy groups -OCH3 is 1. The first-order valence-electron chi connectivity index (χ1n) is 11.0. The minimum absolute atomic E-state index is 0.0862. The predicted octanol–water partition coefficient (Wildman–Crippen LogP) is 3.76. The molecule has 1 heterocycles. The fraction of sp³-hybridized carbons (Fsp3) is 0.280. The smallest absolute Gasteiger partial charge is 0.262 e. The number of allylic oxidation sites excluding steroid dienone is 2. The number of ether oxygens (including phenoxy) is 2. The lowest BCUT2D eigenvalue weighted by atomic mass is 9.85. The molecule has 3 amide bonds. The van der Waals surface area contributed by atoms with Gasteiger partial charge in [-0.2, -0.15) is 10.1 Å². The Morgan fingerprint density at radius 3 is 2.57 bits per heavy atom. The highest BCUT2D eigenvalue weighted by molar-refractivity contribution is 9.10. The van der Waals surface area contributed by atoms with Crippen molar-refractivity contribution in [2.24, 2.45) is 28.8 Å². The highest BCUT2D eigenvalue weighted by atomic mass is 79.9. The van der Waals surface area contributed by atoms with Crippen LogP contribution in [-0.4, -0.2) is 42.7 Å². The normalized spacial score (nSPS) is 24.4. The van der Waals surface area contributed by atoms with Gasteiger partial charge in [0.25, 0.3) is 17.7 Å². The van der Waals surface area contributed by atoms with E-state index in [0.29, 0.717) is 21.5 Å². The number of nitrogens with zero attached hydrogens (tertiary/aromatic N) is 2. The van der Waals surface area contributed by atoms with Gasteiger partial charge in [-0.1, -0.05) is 34.1 Å². The van der Waals surface area contributed by atoms with Crippen LogP contribution in [0.25, 0.3) is 0 Å². The highest BCUT2D eigenvalue weighted by Crippen LogP contribution is 2.52. The van der Waals surface area contributed by atoms with Crippen LogP contribution in [0.4, 0.5) is 10.1 Å². The van der Waals surface area contributed by atoms with Gasteiger partial charge in [-0.15, -0.1) is 0 Å². The summed E-state index contributed by atoms with van der Waals surface area (Å²) in [5, 5.41) is 7.69. The van der Waals surface area contributed by atoms with Crippen LogP contribution in [0.15, 0.2) is 58.1 Å². The number of halogens is 2. The van der Waals surface area contributed by atoms with Gasteiger partial charge in [0, 0.05) is 15.7 Å². The Bertz CT molecular complexity index is 1250. The molecule has 35 heavy (non-hydrogen) atoms. The zero-order valence-electron chi connectivity index (χ0n) is 18.6. The molecular weight excluding hydrogens is 521 g/mol. The molecular formula is C25H21BrFN3O5. The van der Waals surface area contributed by atoms with Crippen LogP contribution in [-0.2, 0) is 14.4 Å². The van der Waals surface area contributed by atoms with Crippen LogP contribution in [0, 0.1) is 29.5 Å². The summed E-state index contributed by atoms with van der Waals surface area (Å²) in [7, 11) is 1.44. The summed E-state index contributed by atoms with van der Waals surface area (Å²) in [6, 6.07) is 8.82. The molecule has 2 bridgehead atoms. The maximum absolute atomic E-state index is 13.4. The molecule has 4 atom stereocenters. The van der Waals surface area contributed by atoms with Crippen LogP contribution >= 0.6 is 15.9 Å². The summed E-state index contributed by atoms with van der Waals surface area (Å²) in [5.41, 5.74) is 0.691. The molecule has 1 aliphatic heterocycles. The minimum Gasteiger partial charge on any atom is -0.493 e. The van der Waals surface area contributed by atoms with Crippen molar-refractivity contribution in [3.05, 3.63) is 64.4 Å². The molecule has 1 saturated heterocycles. The van der Waals surface area contributed by atoms with Crippen LogP contribution < -0.4 is 14.8 Å². The average Bonchev–Trinajstić information content (AvgIpc) is 3.50. The maximum Gasteiger partial charge on any atom is 0.262 e. The van der Waals surface area contributed by atoms with E-state index in [-0.39, 0.29) is 41.2 Å². The molecule has 8 nitrogen and oxygen atoms in total. The van der Waals surface area contributed by atoms with E-state index in [1.54, 1.807) is 18.2 Å². The van der Waals surface area contributed by atoms with Crippen molar-refractivity contribution in [1.29, 1.82) is 0 Å². The zero-order chi connectivity index (χ0) is 24.7. The summed E-state index contributed by atoms with van der Waals surface area (Å²) >= 11 is 3.39. The summed E-state index contributed by atoms with van der Waals surface area (Å²) in [6.07, 6.45) is 6.22. The van der Waals surface area contributed by atoms with Gasteiger partial charge in [0.15, 0.2) is 18.1 Å². The second kappa shape index (κ2) is 9.26. The van der Waals surface area contributed by atoms with Gasteiger partial charge in [-0.05, 0) is 48.6 Å². The summed E-state index contributed by atoms with van der Waals surface area (Å²) in [5.74, 6) is -1.60. The Kier molecular flexibility index (Phi) is 6.14. The molecule has 0 aromatic heterocycles. The number of hydrazone groups is 1. The first-order valence-corrected chi connectivity index (χ1v) is 11.8. The van der Waals surface area contributed by atoms with Gasteiger partial charge in [0.2, 0.25) is 0 Å². The van der Waals surface area contributed by atoms with Crippen molar-refractivity contribution < 1.29 is 28.2 Å². The number of hydrogen-bond donors (Lipinski definition) is 1. The van der Waals surface area contributed by atoms with Gasteiger partial charge >= 0.3 is 0 Å². The standard InChI is InChI=1S/C25H21BrFN3O5/c1-34-19-9-16(26)8-15(23(19)35-12-20(31)29-18-4-2-3-17(27)10-18)11-28-30-24(32)21-13-5-6-14(7-13)22(21)25(30)33/h2-6,8-11,13-14,21-22H,7,12H2,1H3,(H,29,31)/t13-,14-,21-,22+/m0/s1. The molecule has 1 saturated carbocycles. The Hall–Kier alpha value is -3.53. The van der Waals surface area contributed by atoms with E-state index in [9.17, 15) is 18.8 Å². The predicted molar refractivity (Wildman–Crippen MR) is 128 cm³/mol. The SMILES string of the molecule is COc1cc(Br)cc(C=NN2C(=O)[C@@H]3[C@H](C2=O)[C@H]2C=C[C@H]3C2)c1OCC(=O)Nc1cccc(F)c1.